The standard InChI is InChI=1S/C21H21N3O4/c1-13(22-19(25)11-8-15-6-4-3-5-7-15)20(26)23-16-9-10-18-17(12-16)24-21(27)14(2)28-18/h3-14H,1-2H3,(H,22,25)(H,23,26)(H,24,27)/b11-8+/t13-,14-/m0/s1. The fourth-order valence-corrected chi connectivity index (χ4v) is 2.60. The van der Waals surface area contributed by atoms with Gasteiger partial charge in [0.05, 0.1) is 5.69 Å². The number of anilines is 2. The van der Waals surface area contributed by atoms with Gasteiger partial charge in [0.1, 0.15) is 11.8 Å². The second-order valence-electron chi connectivity index (χ2n) is 6.42. The van der Waals surface area contributed by atoms with Crippen molar-refractivity contribution in [2.75, 3.05) is 10.6 Å². The third-order valence-corrected chi connectivity index (χ3v) is 4.16. The summed E-state index contributed by atoms with van der Waals surface area (Å²) < 4.78 is 5.48. The van der Waals surface area contributed by atoms with Crippen molar-refractivity contribution in [2.45, 2.75) is 26.0 Å². The molecule has 2 atom stereocenters. The van der Waals surface area contributed by atoms with E-state index in [1.54, 1.807) is 38.1 Å². The van der Waals surface area contributed by atoms with Crippen molar-refractivity contribution < 1.29 is 19.1 Å². The Balaban J connectivity index is 1.57. The van der Waals surface area contributed by atoms with Gasteiger partial charge < -0.3 is 20.7 Å². The van der Waals surface area contributed by atoms with Crippen molar-refractivity contribution in [3.05, 3.63) is 60.2 Å². The fraction of sp³-hybridized carbons (Fsp3) is 0.190. The zero-order valence-electron chi connectivity index (χ0n) is 15.6. The monoisotopic (exact) mass is 379 g/mol. The van der Waals surface area contributed by atoms with Crippen molar-refractivity contribution in [1.29, 1.82) is 0 Å². The highest BCUT2D eigenvalue weighted by atomic mass is 16.5. The molecule has 0 saturated heterocycles. The molecule has 3 amide bonds. The Morgan fingerprint density at radius 3 is 2.68 bits per heavy atom. The molecule has 0 saturated carbocycles. The summed E-state index contributed by atoms with van der Waals surface area (Å²) in [7, 11) is 0. The zero-order valence-corrected chi connectivity index (χ0v) is 15.6. The van der Waals surface area contributed by atoms with Crippen molar-refractivity contribution in [1.82, 2.24) is 5.32 Å². The topological polar surface area (TPSA) is 96.5 Å². The van der Waals surface area contributed by atoms with Gasteiger partial charge in [-0.05, 0) is 43.7 Å². The number of amides is 3. The molecule has 7 heteroatoms. The maximum atomic E-state index is 12.3. The second-order valence-corrected chi connectivity index (χ2v) is 6.42. The highest BCUT2D eigenvalue weighted by Gasteiger charge is 2.24. The van der Waals surface area contributed by atoms with Crippen LogP contribution in [0.1, 0.15) is 19.4 Å². The molecule has 144 valence electrons. The molecule has 0 spiro atoms. The van der Waals surface area contributed by atoms with Crippen LogP contribution < -0.4 is 20.7 Å². The molecule has 0 radical (unpaired) electrons. The van der Waals surface area contributed by atoms with E-state index in [1.165, 1.54) is 6.08 Å². The van der Waals surface area contributed by atoms with Crippen LogP contribution in [0.3, 0.4) is 0 Å². The molecule has 28 heavy (non-hydrogen) atoms. The predicted molar refractivity (Wildman–Crippen MR) is 107 cm³/mol. The summed E-state index contributed by atoms with van der Waals surface area (Å²) in [6, 6.07) is 13.6. The van der Waals surface area contributed by atoms with Crippen molar-refractivity contribution in [3.63, 3.8) is 0 Å². The molecule has 0 fully saturated rings. The number of fused-ring (bicyclic) bond motifs is 1. The van der Waals surface area contributed by atoms with E-state index in [2.05, 4.69) is 16.0 Å². The summed E-state index contributed by atoms with van der Waals surface area (Å²) in [5, 5.41) is 8.05. The average molecular weight is 379 g/mol. The number of nitrogens with one attached hydrogen (secondary N) is 3. The van der Waals surface area contributed by atoms with Crippen LogP contribution in [0.4, 0.5) is 11.4 Å². The largest absolute Gasteiger partial charge is 0.479 e. The summed E-state index contributed by atoms with van der Waals surface area (Å²) in [5.41, 5.74) is 1.87. The molecule has 0 aliphatic carbocycles. The summed E-state index contributed by atoms with van der Waals surface area (Å²) in [6.45, 7) is 3.25. The Hall–Kier alpha value is -3.61. The van der Waals surface area contributed by atoms with Crippen molar-refractivity contribution in [3.8, 4) is 5.75 Å². The molecule has 0 aromatic heterocycles. The van der Waals surface area contributed by atoms with Gasteiger partial charge in [0.15, 0.2) is 6.10 Å². The van der Waals surface area contributed by atoms with Crippen LogP contribution in [-0.2, 0) is 14.4 Å². The van der Waals surface area contributed by atoms with E-state index in [9.17, 15) is 14.4 Å². The molecule has 1 aliphatic heterocycles. The number of benzene rings is 2. The summed E-state index contributed by atoms with van der Waals surface area (Å²) in [5.74, 6) is -0.455. The van der Waals surface area contributed by atoms with E-state index in [0.717, 1.165) is 5.56 Å². The number of carbonyl (C=O) groups is 3. The molecule has 1 heterocycles. The molecular weight excluding hydrogens is 358 g/mol. The molecule has 2 aromatic rings. The Kier molecular flexibility index (Phi) is 5.74. The van der Waals surface area contributed by atoms with E-state index < -0.39 is 12.1 Å². The lowest BCUT2D eigenvalue weighted by Gasteiger charge is -2.24. The highest BCUT2D eigenvalue weighted by Crippen LogP contribution is 2.32. The lowest BCUT2D eigenvalue weighted by molar-refractivity contribution is -0.123. The predicted octanol–water partition coefficient (Wildman–Crippen LogP) is 2.56. The minimum Gasteiger partial charge on any atom is -0.479 e. The van der Waals surface area contributed by atoms with Crippen LogP contribution in [0.5, 0.6) is 5.75 Å². The van der Waals surface area contributed by atoms with E-state index in [0.29, 0.717) is 17.1 Å². The Bertz CT molecular complexity index is 925. The third-order valence-electron chi connectivity index (χ3n) is 4.16. The maximum absolute atomic E-state index is 12.3. The molecule has 7 nitrogen and oxygen atoms in total. The summed E-state index contributed by atoms with van der Waals surface area (Å²) >= 11 is 0. The number of hydrogen-bond donors (Lipinski definition) is 3. The molecular formula is C21H21N3O4. The van der Waals surface area contributed by atoms with E-state index in [1.807, 2.05) is 30.3 Å². The number of hydrogen-bond acceptors (Lipinski definition) is 4. The average Bonchev–Trinajstić information content (AvgIpc) is 2.68. The molecule has 1 aliphatic rings. The van der Waals surface area contributed by atoms with Gasteiger partial charge in [0, 0.05) is 11.8 Å². The molecule has 2 aromatic carbocycles. The smallest absolute Gasteiger partial charge is 0.265 e. The third kappa shape index (κ3) is 4.76. The van der Waals surface area contributed by atoms with Crippen LogP contribution in [0, 0.1) is 0 Å². The van der Waals surface area contributed by atoms with Gasteiger partial charge >= 0.3 is 0 Å². The number of carbonyl (C=O) groups excluding carboxylic acids is 3. The van der Waals surface area contributed by atoms with E-state index in [4.69, 9.17) is 4.74 Å². The van der Waals surface area contributed by atoms with Gasteiger partial charge in [-0.25, -0.2) is 0 Å². The number of rotatable bonds is 5. The Morgan fingerprint density at radius 2 is 1.93 bits per heavy atom. The lowest BCUT2D eigenvalue weighted by atomic mass is 10.2. The first-order valence-corrected chi connectivity index (χ1v) is 8.88. The Morgan fingerprint density at radius 1 is 1.18 bits per heavy atom. The van der Waals surface area contributed by atoms with Crippen molar-refractivity contribution in [2.24, 2.45) is 0 Å². The maximum Gasteiger partial charge on any atom is 0.265 e. The first kappa shape index (κ1) is 19.2. The number of ether oxygens (including phenoxy) is 1. The van der Waals surface area contributed by atoms with E-state index >= 15 is 0 Å². The molecule has 3 N–H and O–H groups in total. The summed E-state index contributed by atoms with van der Waals surface area (Å²) in [6.07, 6.45) is 2.49. The minimum absolute atomic E-state index is 0.248. The van der Waals surface area contributed by atoms with Gasteiger partial charge in [-0.3, -0.25) is 14.4 Å². The fourth-order valence-electron chi connectivity index (χ4n) is 2.60. The quantitative estimate of drug-likeness (QED) is 0.696. The lowest BCUT2D eigenvalue weighted by Crippen LogP contribution is -2.41. The molecule has 3 rings (SSSR count). The first-order chi connectivity index (χ1) is 13.4. The minimum atomic E-state index is -0.741. The van der Waals surface area contributed by atoms with Gasteiger partial charge in [0.2, 0.25) is 11.8 Å². The Labute approximate surface area is 162 Å². The zero-order chi connectivity index (χ0) is 20.1. The van der Waals surface area contributed by atoms with Gasteiger partial charge in [-0.2, -0.15) is 0 Å². The summed E-state index contributed by atoms with van der Waals surface area (Å²) in [4.78, 5) is 36.0. The first-order valence-electron chi connectivity index (χ1n) is 8.88. The molecule has 0 bridgehead atoms. The van der Waals surface area contributed by atoms with Crippen LogP contribution in [-0.4, -0.2) is 29.9 Å². The van der Waals surface area contributed by atoms with Gasteiger partial charge in [-0.1, -0.05) is 30.3 Å². The SMILES string of the molecule is C[C@H](NC(=O)/C=C/c1ccccc1)C(=O)Nc1ccc2c(c1)NC(=O)[C@H](C)O2. The van der Waals surface area contributed by atoms with Gasteiger partial charge in [0.25, 0.3) is 5.91 Å². The highest BCUT2D eigenvalue weighted by molar-refractivity contribution is 6.01. The normalized spacial score (nSPS) is 16.5. The van der Waals surface area contributed by atoms with Crippen molar-refractivity contribution >= 4 is 35.2 Å². The van der Waals surface area contributed by atoms with E-state index in [-0.39, 0.29) is 17.7 Å². The molecule has 0 unspecified atom stereocenters. The second kappa shape index (κ2) is 8.39. The van der Waals surface area contributed by atoms with Crippen LogP contribution in [0.2, 0.25) is 0 Å². The van der Waals surface area contributed by atoms with Crippen LogP contribution in [0.25, 0.3) is 6.08 Å². The van der Waals surface area contributed by atoms with Crippen LogP contribution in [0.15, 0.2) is 54.6 Å². The van der Waals surface area contributed by atoms with Crippen LogP contribution >= 0.6 is 0 Å². The van der Waals surface area contributed by atoms with Gasteiger partial charge in [-0.15, -0.1) is 0 Å².